The van der Waals surface area contributed by atoms with Crippen LogP contribution in [-0.2, 0) is 11.3 Å². The molecule has 1 aromatic carbocycles. The van der Waals surface area contributed by atoms with Crippen LogP contribution >= 0.6 is 0 Å². The number of nitrogens with zero attached hydrogens (tertiary/aromatic N) is 1. The highest BCUT2D eigenvalue weighted by Gasteiger charge is 2.03. The zero-order chi connectivity index (χ0) is 15.1. The van der Waals surface area contributed by atoms with E-state index in [9.17, 15) is 4.79 Å². The summed E-state index contributed by atoms with van der Waals surface area (Å²) >= 11 is 0. The molecule has 5 heteroatoms. The SMILES string of the molecule is COc1ccc(CNC(=O)COc2cccc(C)c2)cn1. The molecular weight excluding hydrogens is 268 g/mol. The second kappa shape index (κ2) is 7.28. The van der Waals surface area contributed by atoms with Gasteiger partial charge in [-0.05, 0) is 30.2 Å². The fourth-order valence-corrected chi connectivity index (χ4v) is 1.74. The van der Waals surface area contributed by atoms with Crippen molar-refractivity contribution in [3.05, 3.63) is 53.7 Å². The Balaban J connectivity index is 1.76. The first-order chi connectivity index (χ1) is 10.2. The minimum atomic E-state index is -0.174. The van der Waals surface area contributed by atoms with E-state index >= 15 is 0 Å². The second-order valence-electron chi connectivity index (χ2n) is 4.59. The molecule has 0 unspecified atom stereocenters. The maximum Gasteiger partial charge on any atom is 0.258 e. The molecule has 1 amide bonds. The molecule has 0 bridgehead atoms. The third-order valence-corrected chi connectivity index (χ3v) is 2.86. The summed E-state index contributed by atoms with van der Waals surface area (Å²) < 4.78 is 10.4. The van der Waals surface area contributed by atoms with Crippen molar-refractivity contribution in [1.82, 2.24) is 10.3 Å². The molecule has 0 saturated heterocycles. The Morgan fingerprint density at radius 1 is 1.29 bits per heavy atom. The maximum atomic E-state index is 11.7. The lowest BCUT2D eigenvalue weighted by atomic mass is 10.2. The van der Waals surface area contributed by atoms with Gasteiger partial charge in [0.05, 0.1) is 7.11 Å². The first-order valence-corrected chi connectivity index (χ1v) is 6.62. The van der Waals surface area contributed by atoms with Crippen LogP contribution in [0, 0.1) is 6.92 Å². The van der Waals surface area contributed by atoms with Gasteiger partial charge in [-0.3, -0.25) is 4.79 Å². The predicted octanol–water partition coefficient (Wildman–Crippen LogP) is 2.09. The van der Waals surface area contributed by atoms with Crippen LogP contribution in [0.1, 0.15) is 11.1 Å². The second-order valence-corrected chi connectivity index (χ2v) is 4.59. The largest absolute Gasteiger partial charge is 0.484 e. The number of aromatic nitrogens is 1. The van der Waals surface area contributed by atoms with Gasteiger partial charge in [0.1, 0.15) is 5.75 Å². The van der Waals surface area contributed by atoms with E-state index in [4.69, 9.17) is 9.47 Å². The zero-order valence-electron chi connectivity index (χ0n) is 12.1. The summed E-state index contributed by atoms with van der Waals surface area (Å²) in [5, 5.41) is 2.78. The predicted molar refractivity (Wildman–Crippen MR) is 79.3 cm³/mol. The summed E-state index contributed by atoms with van der Waals surface area (Å²) in [6, 6.07) is 11.2. The molecule has 21 heavy (non-hydrogen) atoms. The van der Waals surface area contributed by atoms with Crippen LogP contribution in [0.15, 0.2) is 42.6 Å². The van der Waals surface area contributed by atoms with Crippen LogP contribution in [0.4, 0.5) is 0 Å². The quantitative estimate of drug-likeness (QED) is 0.883. The molecule has 1 N–H and O–H groups in total. The Morgan fingerprint density at radius 2 is 2.14 bits per heavy atom. The van der Waals surface area contributed by atoms with Crippen LogP contribution in [0.3, 0.4) is 0 Å². The van der Waals surface area contributed by atoms with E-state index in [0.29, 0.717) is 18.2 Å². The first-order valence-electron chi connectivity index (χ1n) is 6.62. The normalized spacial score (nSPS) is 10.0. The third-order valence-electron chi connectivity index (χ3n) is 2.86. The minimum absolute atomic E-state index is 0.00691. The van der Waals surface area contributed by atoms with E-state index < -0.39 is 0 Å². The van der Waals surface area contributed by atoms with Gasteiger partial charge in [-0.15, -0.1) is 0 Å². The van der Waals surface area contributed by atoms with Crippen LogP contribution < -0.4 is 14.8 Å². The highest BCUT2D eigenvalue weighted by atomic mass is 16.5. The Morgan fingerprint density at radius 3 is 2.81 bits per heavy atom. The lowest BCUT2D eigenvalue weighted by Gasteiger charge is -2.08. The van der Waals surface area contributed by atoms with Crippen molar-refractivity contribution < 1.29 is 14.3 Å². The van der Waals surface area contributed by atoms with Crippen LogP contribution in [0.2, 0.25) is 0 Å². The van der Waals surface area contributed by atoms with Crippen molar-refractivity contribution >= 4 is 5.91 Å². The summed E-state index contributed by atoms with van der Waals surface area (Å²) in [5.41, 5.74) is 2.00. The van der Waals surface area contributed by atoms with E-state index in [2.05, 4.69) is 10.3 Å². The average molecular weight is 286 g/mol. The number of carbonyl (C=O) groups excluding carboxylic acids is 1. The van der Waals surface area contributed by atoms with E-state index in [-0.39, 0.29) is 12.5 Å². The molecule has 0 spiro atoms. The van der Waals surface area contributed by atoms with Gasteiger partial charge in [-0.1, -0.05) is 18.2 Å². The lowest BCUT2D eigenvalue weighted by Crippen LogP contribution is -2.28. The topological polar surface area (TPSA) is 60.5 Å². The summed E-state index contributed by atoms with van der Waals surface area (Å²) in [7, 11) is 1.56. The van der Waals surface area contributed by atoms with Gasteiger partial charge in [-0.25, -0.2) is 4.98 Å². The number of amides is 1. The fraction of sp³-hybridized carbons (Fsp3) is 0.250. The van der Waals surface area contributed by atoms with Crippen LogP contribution in [-0.4, -0.2) is 24.6 Å². The monoisotopic (exact) mass is 286 g/mol. The van der Waals surface area contributed by atoms with Crippen molar-refractivity contribution in [2.75, 3.05) is 13.7 Å². The molecule has 2 aromatic rings. The summed E-state index contributed by atoms with van der Waals surface area (Å²) in [6.07, 6.45) is 1.67. The first kappa shape index (κ1) is 14.8. The molecule has 0 radical (unpaired) electrons. The van der Waals surface area contributed by atoms with E-state index in [1.807, 2.05) is 37.3 Å². The Labute approximate surface area is 123 Å². The zero-order valence-corrected chi connectivity index (χ0v) is 12.1. The van der Waals surface area contributed by atoms with Crippen molar-refractivity contribution in [2.45, 2.75) is 13.5 Å². The highest BCUT2D eigenvalue weighted by molar-refractivity contribution is 5.77. The van der Waals surface area contributed by atoms with Gasteiger partial charge >= 0.3 is 0 Å². The van der Waals surface area contributed by atoms with Crippen LogP contribution in [0.25, 0.3) is 0 Å². The Kier molecular flexibility index (Phi) is 5.15. The molecule has 0 fully saturated rings. The summed E-state index contributed by atoms with van der Waals surface area (Å²) in [6.45, 7) is 2.38. The molecule has 2 rings (SSSR count). The van der Waals surface area contributed by atoms with Gasteiger partial charge in [0.2, 0.25) is 5.88 Å². The van der Waals surface area contributed by atoms with Gasteiger partial charge < -0.3 is 14.8 Å². The molecule has 1 aromatic heterocycles. The number of carbonyl (C=O) groups is 1. The average Bonchev–Trinajstić information content (AvgIpc) is 2.51. The lowest BCUT2D eigenvalue weighted by molar-refractivity contribution is -0.123. The number of methoxy groups -OCH3 is 1. The van der Waals surface area contributed by atoms with Gasteiger partial charge in [0.25, 0.3) is 5.91 Å². The number of ether oxygens (including phenoxy) is 2. The van der Waals surface area contributed by atoms with Crippen molar-refractivity contribution in [3.63, 3.8) is 0 Å². The van der Waals surface area contributed by atoms with Crippen LogP contribution in [0.5, 0.6) is 11.6 Å². The van der Waals surface area contributed by atoms with Gasteiger partial charge in [0.15, 0.2) is 6.61 Å². The smallest absolute Gasteiger partial charge is 0.258 e. The highest BCUT2D eigenvalue weighted by Crippen LogP contribution is 2.12. The van der Waals surface area contributed by atoms with E-state index in [1.54, 1.807) is 19.4 Å². The van der Waals surface area contributed by atoms with Gasteiger partial charge in [-0.2, -0.15) is 0 Å². The van der Waals surface area contributed by atoms with Crippen molar-refractivity contribution in [3.8, 4) is 11.6 Å². The van der Waals surface area contributed by atoms with E-state index in [0.717, 1.165) is 11.1 Å². The number of hydrogen-bond donors (Lipinski definition) is 1. The molecular formula is C16H18N2O3. The molecule has 0 aliphatic carbocycles. The number of nitrogens with one attached hydrogen (secondary N) is 1. The molecule has 1 heterocycles. The molecule has 110 valence electrons. The minimum Gasteiger partial charge on any atom is -0.484 e. The fourth-order valence-electron chi connectivity index (χ4n) is 1.74. The summed E-state index contributed by atoms with van der Waals surface area (Å²) in [5.74, 6) is 1.07. The third kappa shape index (κ3) is 4.80. The Hall–Kier alpha value is -2.56. The number of rotatable bonds is 6. The number of aryl methyl sites for hydroxylation is 1. The van der Waals surface area contributed by atoms with Crippen molar-refractivity contribution in [1.29, 1.82) is 0 Å². The molecule has 0 aliphatic rings. The number of pyridine rings is 1. The Bertz CT molecular complexity index is 597. The standard InChI is InChI=1S/C16H18N2O3/c1-12-4-3-5-14(8-12)21-11-15(19)17-9-13-6-7-16(20-2)18-10-13/h3-8,10H,9,11H2,1-2H3,(H,17,19). The number of benzene rings is 1. The molecule has 0 atom stereocenters. The molecule has 5 nitrogen and oxygen atoms in total. The molecule has 0 saturated carbocycles. The molecule has 0 aliphatic heterocycles. The van der Waals surface area contributed by atoms with Gasteiger partial charge in [0, 0.05) is 18.8 Å². The van der Waals surface area contributed by atoms with Crippen molar-refractivity contribution in [2.24, 2.45) is 0 Å². The number of hydrogen-bond acceptors (Lipinski definition) is 4. The summed E-state index contributed by atoms with van der Waals surface area (Å²) in [4.78, 5) is 15.8. The van der Waals surface area contributed by atoms with E-state index in [1.165, 1.54) is 0 Å². The maximum absolute atomic E-state index is 11.7.